The topological polar surface area (TPSA) is 125 Å². The van der Waals surface area contributed by atoms with Gasteiger partial charge in [0.15, 0.2) is 0 Å². The van der Waals surface area contributed by atoms with Gasteiger partial charge in [0.05, 0.1) is 0 Å². The zero-order valence-electron chi connectivity index (χ0n) is 9.39. The first kappa shape index (κ1) is 15.9. The highest BCUT2D eigenvalue weighted by Crippen LogP contribution is 2.50. The van der Waals surface area contributed by atoms with Crippen LogP contribution in [0.2, 0.25) is 0 Å². The molecule has 2 unspecified atom stereocenters. The molecule has 0 bridgehead atoms. The molecule has 0 saturated carbocycles. The summed E-state index contributed by atoms with van der Waals surface area (Å²) in [5.74, 6) is 6.15. The van der Waals surface area contributed by atoms with Crippen LogP contribution in [-0.4, -0.2) is 44.4 Å². The van der Waals surface area contributed by atoms with Crippen LogP contribution in [0.4, 0.5) is 8.99 Å². The smallest absolute Gasteiger partial charge is 0.441 e. The van der Waals surface area contributed by atoms with Gasteiger partial charge in [-0.05, 0) is 0 Å². The summed E-state index contributed by atoms with van der Waals surface area (Å²) in [7, 11) is -8.92. The van der Waals surface area contributed by atoms with Gasteiger partial charge < -0.3 is 4.74 Å². The van der Waals surface area contributed by atoms with Crippen molar-refractivity contribution in [3.05, 3.63) is 0 Å². The molecule has 2 atom stereocenters. The number of carbonyl (C=O) groups excluding carboxylic acids is 1. The number of amides is 1. The van der Waals surface area contributed by atoms with Crippen molar-refractivity contribution in [2.75, 3.05) is 19.0 Å². The van der Waals surface area contributed by atoms with E-state index in [1.54, 1.807) is 0 Å². The highest BCUT2D eigenvalue weighted by atomic mass is 32.2. The first-order valence-electron chi connectivity index (χ1n) is 4.68. The summed E-state index contributed by atoms with van der Waals surface area (Å²) < 4.78 is 58.8. The lowest BCUT2D eigenvalue weighted by Crippen LogP contribution is -2.37. The van der Waals surface area contributed by atoms with E-state index in [1.807, 2.05) is 5.92 Å². The average molecular weight is 316 g/mol. The molecule has 2 N–H and O–H groups in total. The minimum Gasteiger partial charge on any atom is -0.441 e. The molecular weight excluding hydrogens is 306 g/mol. The molecule has 0 aliphatic carbocycles. The fraction of sp³-hybridized carbons (Fsp3) is 0.571. The van der Waals surface area contributed by atoms with Gasteiger partial charge in [-0.1, -0.05) is 5.92 Å². The Kier molecular flexibility index (Phi) is 4.89. The molecule has 19 heavy (non-hydrogen) atoms. The third kappa shape index (κ3) is 4.45. The number of terminal acetylenes is 1. The number of hydrogen-bond acceptors (Lipinski definition) is 8. The Bertz CT molecular complexity index is 544. The van der Waals surface area contributed by atoms with Gasteiger partial charge in [0.1, 0.15) is 25.1 Å². The maximum atomic E-state index is 13.3. The van der Waals surface area contributed by atoms with E-state index in [2.05, 4.69) is 13.4 Å². The van der Waals surface area contributed by atoms with Gasteiger partial charge in [-0.25, -0.2) is 15.2 Å². The molecule has 12 heteroatoms. The lowest BCUT2D eigenvalue weighted by molar-refractivity contribution is 0.0727. The first-order chi connectivity index (χ1) is 8.68. The number of hydrogen-bond donors (Lipinski definition) is 1. The number of halogens is 1. The molecule has 1 aliphatic heterocycles. The van der Waals surface area contributed by atoms with Crippen LogP contribution in [0.1, 0.15) is 0 Å². The van der Waals surface area contributed by atoms with Crippen LogP contribution in [-0.2, 0) is 28.1 Å². The van der Waals surface area contributed by atoms with Crippen molar-refractivity contribution < 1.29 is 35.4 Å². The average Bonchev–Trinajstić information content (AvgIpc) is 2.65. The standard InChI is InChI=1S/C7H10FN2O7PS/c1-2-3-15-18(8,12)10(9)7(11)17-6-4-16-19(13,14)5-6/h1,6H,3-5,9H2. The third-order valence-electron chi connectivity index (χ3n) is 1.84. The van der Waals surface area contributed by atoms with Crippen molar-refractivity contribution in [1.29, 1.82) is 0 Å². The molecule has 1 amide bonds. The maximum Gasteiger partial charge on any atom is 0.493 e. The fourth-order valence-corrected chi connectivity index (χ4v) is 2.72. The van der Waals surface area contributed by atoms with Gasteiger partial charge in [0.2, 0.25) is 0 Å². The zero-order chi connectivity index (χ0) is 14.7. The summed E-state index contributed by atoms with van der Waals surface area (Å²) >= 11 is 0. The van der Waals surface area contributed by atoms with Crippen LogP contribution in [0.25, 0.3) is 0 Å². The Morgan fingerprint density at radius 3 is 2.79 bits per heavy atom. The predicted molar refractivity (Wildman–Crippen MR) is 59.5 cm³/mol. The molecule has 1 rings (SSSR count). The number of nitrogens with two attached hydrogens (primary N) is 1. The number of rotatable bonds is 4. The Hall–Kier alpha value is -1.18. The van der Waals surface area contributed by atoms with E-state index in [-0.39, 0.29) is 0 Å². The van der Waals surface area contributed by atoms with E-state index in [1.165, 1.54) is 0 Å². The van der Waals surface area contributed by atoms with Crippen molar-refractivity contribution in [3.63, 3.8) is 0 Å². The summed E-state index contributed by atoms with van der Waals surface area (Å²) in [5, 5.41) is 0. The lowest BCUT2D eigenvalue weighted by atomic mass is 10.4. The Morgan fingerprint density at radius 1 is 1.68 bits per heavy atom. The second-order valence-corrected chi connectivity index (χ2v) is 6.56. The van der Waals surface area contributed by atoms with E-state index in [0.717, 1.165) is 0 Å². The molecule has 0 aromatic carbocycles. The quantitative estimate of drug-likeness (QED) is 0.188. The summed E-state index contributed by atoms with van der Waals surface area (Å²) in [6, 6.07) is 0. The van der Waals surface area contributed by atoms with E-state index in [9.17, 15) is 22.0 Å². The highest BCUT2D eigenvalue weighted by Gasteiger charge is 2.39. The molecule has 0 radical (unpaired) electrons. The normalized spacial score (nSPS) is 24.2. The van der Waals surface area contributed by atoms with Crippen molar-refractivity contribution in [2.24, 2.45) is 5.84 Å². The molecule has 0 spiro atoms. The van der Waals surface area contributed by atoms with E-state index in [4.69, 9.17) is 12.3 Å². The zero-order valence-corrected chi connectivity index (χ0v) is 11.1. The monoisotopic (exact) mass is 316 g/mol. The molecular formula is C7H10FN2O7PS. The maximum absolute atomic E-state index is 13.3. The molecule has 1 saturated heterocycles. The van der Waals surface area contributed by atoms with Crippen LogP contribution < -0.4 is 5.84 Å². The molecule has 9 nitrogen and oxygen atoms in total. The van der Waals surface area contributed by atoms with E-state index in [0.29, 0.717) is 0 Å². The number of nitrogens with zero attached hydrogens (tertiary/aromatic N) is 1. The van der Waals surface area contributed by atoms with Crippen LogP contribution in [0.15, 0.2) is 0 Å². The number of hydrazine groups is 1. The van der Waals surface area contributed by atoms with Crippen molar-refractivity contribution in [2.45, 2.75) is 6.10 Å². The van der Waals surface area contributed by atoms with Crippen LogP contribution in [0.3, 0.4) is 0 Å². The second kappa shape index (κ2) is 5.85. The number of ether oxygens (including phenoxy) is 1. The summed E-state index contributed by atoms with van der Waals surface area (Å²) in [6.07, 6.45) is 2.02. The fourth-order valence-electron chi connectivity index (χ4n) is 1.04. The minimum atomic E-state index is -5.14. The van der Waals surface area contributed by atoms with Gasteiger partial charge in [-0.15, -0.1) is 15.4 Å². The van der Waals surface area contributed by atoms with Crippen molar-refractivity contribution in [1.82, 2.24) is 4.78 Å². The summed E-state index contributed by atoms with van der Waals surface area (Å²) in [4.78, 5) is 11.3. The Balaban J connectivity index is 2.59. The van der Waals surface area contributed by atoms with Gasteiger partial charge >= 0.3 is 13.9 Å². The van der Waals surface area contributed by atoms with Crippen LogP contribution >= 0.6 is 7.83 Å². The van der Waals surface area contributed by atoms with Crippen LogP contribution in [0, 0.1) is 12.3 Å². The van der Waals surface area contributed by atoms with Crippen molar-refractivity contribution >= 4 is 24.0 Å². The molecule has 1 aliphatic rings. The Morgan fingerprint density at radius 2 is 2.32 bits per heavy atom. The third-order valence-corrected chi connectivity index (χ3v) is 4.24. The van der Waals surface area contributed by atoms with E-state index >= 15 is 0 Å². The molecule has 1 heterocycles. The summed E-state index contributed by atoms with van der Waals surface area (Å²) in [5.41, 5.74) is 0. The highest BCUT2D eigenvalue weighted by molar-refractivity contribution is 7.87. The van der Waals surface area contributed by atoms with E-state index < -0.39 is 53.9 Å². The minimum absolute atomic E-state index is 0.407. The SMILES string of the molecule is C#CCOP(=O)(F)N(N)C(=O)OC1COS(=O)(=O)C1. The molecule has 0 aromatic rings. The molecule has 108 valence electrons. The molecule has 1 fully saturated rings. The predicted octanol–water partition coefficient (Wildman–Crippen LogP) is -0.245. The Labute approximate surface area is 108 Å². The van der Waals surface area contributed by atoms with Gasteiger partial charge in [-0.3, -0.25) is 8.71 Å². The summed E-state index contributed by atoms with van der Waals surface area (Å²) in [6.45, 7) is -1.10. The van der Waals surface area contributed by atoms with Crippen molar-refractivity contribution in [3.8, 4) is 12.3 Å². The van der Waals surface area contributed by atoms with Gasteiger partial charge in [-0.2, -0.15) is 8.42 Å². The van der Waals surface area contributed by atoms with Gasteiger partial charge in [0, 0.05) is 0 Å². The lowest BCUT2D eigenvalue weighted by Gasteiger charge is -2.20. The largest absolute Gasteiger partial charge is 0.493 e. The van der Waals surface area contributed by atoms with Gasteiger partial charge in [0.25, 0.3) is 10.1 Å². The number of carbonyl (C=O) groups is 1. The second-order valence-electron chi connectivity index (χ2n) is 3.29. The molecule has 0 aromatic heterocycles. The first-order valence-corrected chi connectivity index (χ1v) is 7.73. The van der Waals surface area contributed by atoms with Crippen LogP contribution in [0.5, 0.6) is 0 Å².